The summed E-state index contributed by atoms with van der Waals surface area (Å²) in [5.41, 5.74) is 2.30. The lowest BCUT2D eigenvalue weighted by molar-refractivity contribution is 0.0534. The van der Waals surface area contributed by atoms with E-state index in [9.17, 15) is 0 Å². The normalized spacial score (nSPS) is 22.8. The first-order valence-electron chi connectivity index (χ1n) is 11.3. The van der Waals surface area contributed by atoms with E-state index in [2.05, 4.69) is 20.4 Å². The summed E-state index contributed by atoms with van der Waals surface area (Å²) in [5, 5.41) is 7.84. The second-order valence-electron chi connectivity index (χ2n) is 8.65. The highest BCUT2D eigenvalue weighted by atomic mass is 16.5. The monoisotopic (exact) mass is 422 g/mol. The minimum atomic E-state index is 0.0845. The molecule has 8 nitrogen and oxygen atoms in total. The number of benzene rings is 1. The Morgan fingerprint density at radius 1 is 1.03 bits per heavy atom. The molecule has 0 amide bonds. The largest absolute Gasteiger partial charge is 0.378 e. The third-order valence-corrected chi connectivity index (χ3v) is 6.50. The van der Waals surface area contributed by atoms with Crippen LogP contribution in [0, 0.1) is 6.92 Å². The summed E-state index contributed by atoms with van der Waals surface area (Å²) < 4.78 is 11.4. The molecule has 8 heteroatoms. The standard InChI is InChI=1S/C23H30N6O2/c1-15-24-23(31-28-15)21-22(27-18-11-7-6-10-17(18)26-21)29-13-12-19(20(14-29)30-2)25-16-8-4-3-5-9-16/h6-7,10-11,16,19-20,25H,3-5,8-9,12-14H2,1-2H3/t19-,20+/m0/s1. The maximum Gasteiger partial charge on any atom is 0.280 e. The van der Waals surface area contributed by atoms with Crippen LogP contribution in [0.5, 0.6) is 0 Å². The predicted octanol–water partition coefficient (Wildman–Crippen LogP) is 3.50. The molecule has 5 rings (SSSR count). The molecular weight excluding hydrogens is 392 g/mol. The van der Waals surface area contributed by atoms with Gasteiger partial charge < -0.3 is 19.5 Å². The third-order valence-electron chi connectivity index (χ3n) is 6.50. The van der Waals surface area contributed by atoms with Gasteiger partial charge in [-0.1, -0.05) is 36.6 Å². The molecule has 31 heavy (non-hydrogen) atoms. The smallest absolute Gasteiger partial charge is 0.280 e. The molecule has 1 aliphatic carbocycles. The molecule has 1 aromatic carbocycles. The van der Waals surface area contributed by atoms with Crippen LogP contribution in [0.25, 0.3) is 22.6 Å². The molecule has 2 fully saturated rings. The van der Waals surface area contributed by atoms with Gasteiger partial charge in [0.15, 0.2) is 17.3 Å². The van der Waals surface area contributed by atoms with Gasteiger partial charge >= 0.3 is 0 Å². The third kappa shape index (κ3) is 4.27. The first-order chi connectivity index (χ1) is 15.2. The Kier molecular flexibility index (Phi) is 5.82. The Morgan fingerprint density at radius 3 is 2.52 bits per heavy atom. The first-order valence-corrected chi connectivity index (χ1v) is 11.3. The molecule has 2 aliphatic rings. The zero-order valence-corrected chi connectivity index (χ0v) is 18.3. The second kappa shape index (κ2) is 8.88. The van der Waals surface area contributed by atoms with Gasteiger partial charge in [0.1, 0.15) is 0 Å². The van der Waals surface area contributed by atoms with E-state index in [1.165, 1.54) is 32.1 Å². The van der Waals surface area contributed by atoms with Crippen molar-refractivity contribution in [3.05, 3.63) is 30.1 Å². The minimum absolute atomic E-state index is 0.0845. The van der Waals surface area contributed by atoms with Crippen LogP contribution in [-0.2, 0) is 4.74 Å². The van der Waals surface area contributed by atoms with Crippen molar-refractivity contribution in [1.29, 1.82) is 0 Å². The summed E-state index contributed by atoms with van der Waals surface area (Å²) >= 11 is 0. The highest BCUT2D eigenvalue weighted by Crippen LogP contribution is 2.31. The number of hydrogen-bond acceptors (Lipinski definition) is 8. The van der Waals surface area contributed by atoms with Crippen LogP contribution >= 0.6 is 0 Å². The summed E-state index contributed by atoms with van der Waals surface area (Å²) in [5.74, 6) is 1.77. The molecule has 2 atom stereocenters. The van der Waals surface area contributed by atoms with Crippen LogP contribution < -0.4 is 10.2 Å². The number of para-hydroxylation sites is 2. The number of nitrogens with one attached hydrogen (secondary N) is 1. The van der Waals surface area contributed by atoms with E-state index in [1.54, 1.807) is 7.11 Å². The minimum Gasteiger partial charge on any atom is -0.378 e. The van der Waals surface area contributed by atoms with Gasteiger partial charge in [0, 0.05) is 32.3 Å². The van der Waals surface area contributed by atoms with Gasteiger partial charge in [0.25, 0.3) is 5.89 Å². The Labute approximate surface area is 182 Å². The number of methoxy groups -OCH3 is 1. The van der Waals surface area contributed by atoms with Crippen molar-refractivity contribution in [1.82, 2.24) is 25.4 Å². The molecule has 3 aromatic rings. The van der Waals surface area contributed by atoms with Crippen molar-refractivity contribution in [2.45, 2.75) is 63.6 Å². The van der Waals surface area contributed by atoms with E-state index in [0.717, 1.165) is 36.4 Å². The number of rotatable bonds is 5. The average Bonchev–Trinajstić information content (AvgIpc) is 3.25. The molecular formula is C23H30N6O2. The molecule has 0 spiro atoms. The number of anilines is 1. The van der Waals surface area contributed by atoms with Gasteiger partial charge in [-0.2, -0.15) is 4.98 Å². The zero-order valence-electron chi connectivity index (χ0n) is 18.3. The van der Waals surface area contributed by atoms with Gasteiger partial charge in [0.2, 0.25) is 0 Å². The van der Waals surface area contributed by atoms with Gasteiger partial charge in [0.05, 0.1) is 17.1 Å². The lowest BCUT2D eigenvalue weighted by atomic mass is 9.92. The van der Waals surface area contributed by atoms with Crippen molar-refractivity contribution in [3.63, 3.8) is 0 Å². The van der Waals surface area contributed by atoms with Crippen LogP contribution in [0.4, 0.5) is 5.82 Å². The van der Waals surface area contributed by atoms with E-state index in [0.29, 0.717) is 29.5 Å². The van der Waals surface area contributed by atoms with Crippen LogP contribution in [0.2, 0.25) is 0 Å². The van der Waals surface area contributed by atoms with E-state index >= 15 is 0 Å². The summed E-state index contributed by atoms with van der Waals surface area (Å²) in [6.07, 6.45) is 7.64. The van der Waals surface area contributed by atoms with Gasteiger partial charge in [-0.3, -0.25) is 0 Å². The summed E-state index contributed by atoms with van der Waals surface area (Å²) in [6.45, 7) is 3.43. The number of piperidine rings is 1. The van der Waals surface area contributed by atoms with Crippen molar-refractivity contribution in [3.8, 4) is 11.6 Å². The quantitative estimate of drug-likeness (QED) is 0.668. The Morgan fingerprint density at radius 2 is 1.81 bits per heavy atom. The number of nitrogens with zero attached hydrogens (tertiary/aromatic N) is 5. The van der Waals surface area contributed by atoms with E-state index in [1.807, 2.05) is 31.2 Å². The Balaban J connectivity index is 1.43. The highest BCUT2D eigenvalue weighted by molar-refractivity contribution is 5.81. The zero-order chi connectivity index (χ0) is 21.2. The maximum absolute atomic E-state index is 5.93. The van der Waals surface area contributed by atoms with Gasteiger partial charge in [-0.25, -0.2) is 9.97 Å². The molecule has 3 heterocycles. The summed E-state index contributed by atoms with van der Waals surface area (Å²) in [6, 6.07) is 8.85. The summed E-state index contributed by atoms with van der Waals surface area (Å²) in [4.78, 5) is 16.5. The summed E-state index contributed by atoms with van der Waals surface area (Å²) in [7, 11) is 1.80. The van der Waals surface area contributed by atoms with Crippen molar-refractivity contribution >= 4 is 16.9 Å². The molecule has 164 valence electrons. The first kappa shape index (κ1) is 20.3. The number of hydrogen-bond donors (Lipinski definition) is 1. The van der Waals surface area contributed by atoms with Crippen molar-refractivity contribution in [2.24, 2.45) is 0 Å². The number of aryl methyl sites for hydroxylation is 1. The van der Waals surface area contributed by atoms with Crippen LogP contribution in [-0.4, -0.2) is 58.5 Å². The van der Waals surface area contributed by atoms with Gasteiger partial charge in [-0.15, -0.1) is 0 Å². The fraction of sp³-hybridized carbons (Fsp3) is 0.565. The lowest BCUT2D eigenvalue weighted by Gasteiger charge is -2.41. The highest BCUT2D eigenvalue weighted by Gasteiger charge is 2.33. The van der Waals surface area contributed by atoms with Crippen molar-refractivity contribution in [2.75, 3.05) is 25.1 Å². The fourth-order valence-corrected chi connectivity index (χ4v) is 4.86. The molecule has 1 N–H and O–H groups in total. The van der Waals surface area contributed by atoms with E-state index in [-0.39, 0.29) is 6.10 Å². The molecule has 2 aromatic heterocycles. The molecule has 0 bridgehead atoms. The fourth-order valence-electron chi connectivity index (χ4n) is 4.86. The number of aromatic nitrogens is 4. The van der Waals surface area contributed by atoms with Gasteiger partial charge in [-0.05, 0) is 38.3 Å². The van der Waals surface area contributed by atoms with E-state index in [4.69, 9.17) is 19.2 Å². The van der Waals surface area contributed by atoms with Crippen LogP contribution in [0.15, 0.2) is 28.8 Å². The van der Waals surface area contributed by atoms with Crippen LogP contribution in [0.1, 0.15) is 44.3 Å². The molecule has 1 saturated heterocycles. The molecule has 1 aliphatic heterocycles. The van der Waals surface area contributed by atoms with E-state index < -0.39 is 0 Å². The number of ether oxygens (including phenoxy) is 1. The second-order valence-corrected chi connectivity index (χ2v) is 8.65. The maximum atomic E-state index is 5.93. The topological polar surface area (TPSA) is 89.2 Å². The van der Waals surface area contributed by atoms with Crippen molar-refractivity contribution < 1.29 is 9.26 Å². The Bertz CT molecular complexity index is 1030. The molecule has 1 saturated carbocycles. The Hall–Kier alpha value is -2.58. The molecule has 0 radical (unpaired) electrons. The van der Waals surface area contributed by atoms with Crippen LogP contribution in [0.3, 0.4) is 0 Å². The number of fused-ring (bicyclic) bond motifs is 1. The SMILES string of the molecule is CO[C@@H]1CN(c2nc3ccccc3nc2-c2nc(C)no2)CC[C@@H]1NC1CCCCC1. The molecule has 0 unspecified atom stereocenters. The average molecular weight is 423 g/mol. The lowest BCUT2D eigenvalue weighted by Crippen LogP contribution is -2.56. The predicted molar refractivity (Wildman–Crippen MR) is 119 cm³/mol.